The highest BCUT2D eigenvalue weighted by Crippen LogP contribution is 2.23. The number of carbonyl (C=O) groups is 1. The van der Waals surface area contributed by atoms with Gasteiger partial charge in [-0.25, -0.2) is 0 Å². The quantitative estimate of drug-likeness (QED) is 0.645. The van der Waals surface area contributed by atoms with Gasteiger partial charge in [-0.1, -0.05) is 27.7 Å². The van der Waals surface area contributed by atoms with E-state index in [1.165, 1.54) is 0 Å². The van der Waals surface area contributed by atoms with Crippen LogP contribution in [0.4, 0.5) is 0 Å². The van der Waals surface area contributed by atoms with E-state index in [2.05, 4.69) is 21.7 Å². The molecule has 0 aliphatic carbocycles. The fourth-order valence-electron chi connectivity index (χ4n) is 2.11. The summed E-state index contributed by atoms with van der Waals surface area (Å²) in [6.07, 6.45) is 8.62. The van der Waals surface area contributed by atoms with Gasteiger partial charge in [0.05, 0.1) is 6.54 Å². The Morgan fingerprint density at radius 1 is 1.25 bits per heavy atom. The summed E-state index contributed by atoms with van der Waals surface area (Å²) < 4.78 is 0. The van der Waals surface area contributed by atoms with Crippen molar-refractivity contribution in [3.63, 3.8) is 0 Å². The largest absolute Gasteiger partial charge is 0.390 e. The van der Waals surface area contributed by atoms with Crippen LogP contribution >= 0.6 is 0 Å². The summed E-state index contributed by atoms with van der Waals surface area (Å²) in [6, 6.07) is 1.97. The van der Waals surface area contributed by atoms with Crippen molar-refractivity contribution >= 4 is 18.1 Å². The van der Waals surface area contributed by atoms with Crippen molar-refractivity contribution in [1.29, 1.82) is 0 Å². The molecule has 0 radical (unpaired) electrons. The molecular formula is C20H31N3O. The molecule has 1 aromatic rings. The van der Waals surface area contributed by atoms with Crippen LogP contribution in [0, 0.1) is 6.92 Å². The van der Waals surface area contributed by atoms with Gasteiger partial charge < -0.3 is 10.6 Å². The molecule has 4 heteroatoms. The maximum absolute atomic E-state index is 10.9. The molecule has 2 rings (SSSR count). The lowest BCUT2D eigenvalue weighted by Crippen LogP contribution is -2.25. The standard InChI is InChI=1S/C16H19N3O.2C2H6/c1-11(10-20)8-15-12(2)18-7-6-14(15)16-5-4-13(17-3)9-19-16;2*1-2/h4-8,10,17,19H,9H2,1-3H3;2*1-2H3/b11-8+;;. The van der Waals surface area contributed by atoms with Crippen molar-refractivity contribution < 1.29 is 4.79 Å². The van der Waals surface area contributed by atoms with E-state index in [1.807, 2.05) is 59.9 Å². The highest BCUT2D eigenvalue weighted by molar-refractivity contribution is 5.85. The number of aldehydes is 1. The molecule has 0 atom stereocenters. The summed E-state index contributed by atoms with van der Waals surface area (Å²) in [5.41, 5.74) is 5.82. The monoisotopic (exact) mass is 329 g/mol. The third-order valence-electron chi connectivity index (χ3n) is 3.28. The van der Waals surface area contributed by atoms with Gasteiger partial charge in [-0.15, -0.1) is 0 Å². The summed E-state index contributed by atoms with van der Waals surface area (Å²) in [5.74, 6) is 0. The Hall–Kier alpha value is -2.36. The van der Waals surface area contributed by atoms with Crippen LogP contribution in [0.2, 0.25) is 0 Å². The number of aromatic nitrogens is 1. The molecule has 0 aromatic carbocycles. The summed E-state index contributed by atoms with van der Waals surface area (Å²) in [7, 11) is 1.91. The molecule has 24 heavy (non-hydrogen) atoms. The molecule has 2 heterocycles. The van der Waals surface area contributed by atoms with Crippen LogP contribution in [-0.2, 0) is 4.79 Å². The van der Waals surface area contributed by atoms with E-state index in [0.717, 1.165) is 41.0 Å². The van der Waals surface area contributed by atoms with Crippen LogP contribution in [0.5, 0.6) is 0 Å². The Labute approximate surface area is 146 Å². The number of hydrogen-bond acceptors (Lipinski definition) is 4. The smallest absolute Gasteiger partial charge is 0.145 e. The zero-order valence-corrected chi connectivity index (χ0v) is 16.0. The van der Waals surface area contributed by atoms with E-state index in [9.17, 15) is 4.79 Å². The molecule has 0 spiro atoms. The van der Waals surface area contributed by atoms with E-state index in [4.69, 9.17) is 0 Å². The SMILES string of the molecule is CC.CC.CNC1=CC=C(c2ccnc(C)c2/C=C(\C)C=O)NC1. The van der Waals surface area contributed by atoms with Gasteiger partial charge in [0, 0.05) is 41.5 Å². The molecule has 1 aromatic heterocycles. The van der Waals surface area contributed by atoms with Gasteiger partial charge in [0.15, 0.2) is 0 Å². The van der Waals surface area contributed by atoms with Crippen LogP contribution in [0.1, 0.15) is 51.4 Å². The Morgan fingerprint density at radius 3 is 2.42 bits per heavy atom. The minimum absolute atomic E-state index is 0.685. The van der Waals surface area contributed by atoms with E-state index in [0.29, 0.717) is 5.57 Å². The molecular weight excluding hydrogens is 298 g/mol. The number of rotatable bonds is 4. The maximum Gasteiger partial charge on any atom is 0.145 e. The summed E-state index contributed by atoms with van der Waals surface area (Å²) >= 11 is 0. The minimum Gasteiger partial charge on any atom is -0.390 e. The highest BCUT2D eigenvalue weighted by Gasteiger charge is 2.12. The second-order valence-electron chi connectivity index (χ2n) is 4.74. The van der Waals surface area contributed by atoms with Crippen LogP contribution in [0.25, 0.3) is 11.8 Å². The van der Waals surface area contributed by atoms with Crippen molar-refractivity contribution in [1.82, 2.24) is 15.6 Å². The average Bonchev–Trinajstić information content (AvgIpc) is 2.66. The Kier molecular flexibility index (Phi) is 10.9. The first-order chi connectivity index (χ1) is 11.7. The first-order valence-electron chi connectivity index (χ1n) is 8.57. The van der Waals surface area contributed by atoms with Crippen molar-refractivity contribution in [3.8, 4) is 0 Å². The molecule has 1 aliphatic heterocycles. The fourth-order valence-corrected chi connectivity index (χ4v) is 2.11. The number of nitrogens with one attached hydrogen (secondary N) is 2. The number of likely N-dealkylation sites (N-methyl/N-ethyl adjacent to an activating group) is 1. The number of pyridine rings is 1. The molecule has 0 unspecified atom stereocenters. The molecule has 4 nitrogen and oxygen atoms in total. The van der Waals surface area contributed by atoms with Gasteiger partial charge in [0.25, 0.3) is 0 Å². The summed E-state index contributed by atoms with van der Waals surface area (Å²) in [5, 5.41) is 6.51. The molecule has 1 aliphatic rings. The first-order valence-corrected chi connectivity index (χ1v) is 8.57. The molecule has 0 bridgehead atoms. The second-order valence-corrected chi connectivity index (χ2v) is 4.74. The maximum atomic E-state index is 10.9. The fraction of sp³-hybridized carbons (Fsp3) is 0.400. The normalized spacial score (nSPS) is 13.0. The lowest BCUT2D eigenvalue weighted by molar-refractivity contribution is -0.104. The molecule has 2 N–H and O–H groups in total. The molecule has 132 valence electrons. The number of nitrogens with zero attached hydrogens (tertiary/aromatic N) is 1. The predicted octanol–water partition coefficient (Wildman–Crippen LogP) is 4.09. The van der Waals surface area contributed by atoms with Gasteiger partial charge in [-0.05, 0) is 43.7 Å². The molecule has 0 saturated carbocycles. The van der Waals surface area contributed by atoms with Crippen LogP contribution in [0.3, 0.4) is 0 Å². The lowest BCUT2D eigenvalue weighted by atomic mass is 10.0. The van der Waals surface area contributed by atoms with Gasteiger partial charge in [0.2, 0.25) is 0 Å². The van der Waals surface area contributed by atoms with Crippen LogP contribution in [-0.4, -0.2) is 24.9 Å². The van der Waals surface area contributed by atoms with Crippen LogP contribution < -0.4 is 10.6 Å². The third kappa shape index (κ3) is 6.03. The third-order valence-corrected chi connectivity index (χ3v) is 3.28. The van der Waals surface area contributed by atoms with Crippen LogP contribution in [0.15, 0.2) is 35.7 Å². The van der Waals surface area contributed by atoms with E-state index in [1.54, 1.807) is 13.1 Å². The van der Waals surface area contributed by atoms with Crippen molar-refractivity contribution in [2.45, 2.75) is 41.5 Å². The van der Waals surface area contributed by atoms with Gasteiger partial charge >= 0.3 is 0 Å². The summed E-state index contributed by atoms with van der Waals surface area (Å²) in [6.45, 7) is 12.5. The molecule has 0 fully saturated rings. The van der Waals surface area contributed by atoms with Gasteiger partial charge in [-0.3, -0.25) is 9.78 Å². The Morgan fingerprint density at radius 2 is 1.92 bits per heavy atom. The van der Waals surface area contributed by atoms with E-state index in [-0.39, 0.29) is 0 Å². The Balaban J connectivity index is 0.00000123. The van der Waals surface area contributed by atoms with Crippen molar-refractivity contribution in [2.24, 2.45) is 0 Å². The first kappa shape index (κ1) is 21.6. The zero-order valence-electron chi connectivity index (χ0n) is 16.0. The summed E-state index contributed by atoms with van der Waals surface area (Å²) in [4.78, 5) is 15.2. The van der Waals surface area contributed by atoms with Crippen molar-refractivity contribution in [3.05, 3.63) is 52.5 Å². The Bertz CT molecular complexity index is 613. The highest BCUT2D eigenvalue weighted by atomic mass is 16.1. The number of hydrogen-bond donors (Lipinski definition) is 2. The topological polar surface area (TPSA) is 54.0 Å². The van der Waals surface area contributed by atoms with E-state index >= 15 is 0 Å². The zero-order chi connectivity index (χ0) is 18.5. The number of aryl methyl sites for hydroxylation is 1. The lowest BCUT2D eigenvalue weighted by Gasteiger charge is -2.19. The number of carbonyl (C=O) groups excluding carboxylic acids is 1. The predicted molar refractivity (Wildman–Crippen MR) is 105 cm³/mol. The minimum atomic E-state index is 0.685. The number of dihydropyridines is 1. The van der Waals surface area contributed by atoms with Crippen molar-refractivity contribution in [2.75, 3.05) is 13.6 Å². The number of allylic oxidation sites excluding steroid dienone is 3. The molecule has 0 saturated heterocycles. The van der Waals surface area contributed by atoms with E-state index < -0.39 is 0 Å². The van der Waals surface area contributed by atoms with Gasteiger partial charge in [-0.2, -0.15) is 0 Å². The average molecular weight is 329 g/mol. The van der Waals surface area contributed by atoms with Gasteiger partial charge in [0.1, 0.15) is 6.29 Å². The molecule has 0 amide bonds. The second kappa shape index (κ2) is 12.1.